The summed E-state index contributed by atoms with van der Waals surface area (Å²) in [5.41, 5.74) is -0.581. The van der Waals surface area contributed by atoms with Gasteiger partial charge in [0.2, 0.25) is 5.91 Å². The molecular formula is C14H23NO3. The minimum Gasteiger partial charge on any atom is -0.481 e. The molecule has 0 bridgehead atoms. The molecule has 2 rings (SSSR count). The second-order valence-corrected chi connectivity index (χ2v) is 6.70. The van der Waals surface area contributed by atoms with E-state index < -0.39 is 11.4 Å². The van der Waals surface area contributed by atoms with Crippen LogP contribution in [0.1, 0.15) is 52.4 Å². The van der Waals surface area contributed by atoms with E-state index in [4.69, 9.17) is 0 Å². The van der Waals surface area contributed by atoms with Crippen LogP contribution in [0.25, 0.3) is 0 Å². The predicted molar refractivity (Wildman–Crippen MR) is 68.1 cm³/mol. The van der Waals surface area contributed by atoms with Crippen molar-refractivity contribution in [1.29, 1.82) is 0 Å². The number of hydrogen-bond donors (Lipinski definition) is 1. The van der Waals surface area contributed by atoms with Gasteiger partial charge in [0.05, 0.1) is 5.41 Å². The SMILES string of the molecule is CC1(C)CCCN(C(=O)CC2(C(=O)O)CCC2)C1. The molecule has 2 fully saturated rings. The van der Waals surface area contributed by atoms with Crippen LogP contribution < -0.4 is 0 Å². The van der Waals surface area contributed by atoms with Gasteiger partial charge in [0.1, 0.15) is 0 Å². The molecule has 1 saturated heterocycles. The van der Waals surface area contributed by atoms with Gasteiger partial charge < -0.3 is 10.0 Å². The molecule has 1 saturated carbocycles. The molecule has 4 nitrogen and oxygen atoms in total. The van der Waals surface area contributed by atoms with Crippen LogP contribution in [0.4, 0.5) is 0 Å². The van der Waals surface area contributed by atoms with Crippen LogP contribution in [-0.4, -0.2) is 35.0 Å². The first kappa shape index (κ1) is 13.4. The summed E-state index contributed by atoms with van der Waals surface area (Å²) in [6, 6.07) is 0. The largest absolute Gasteiger partial charge is 0.481 e. The molecule has 1 aliphatic heterocycles. The van der Waals surface area contributed by atoms with Crippen LogP contribution in [0, 0.1) is 10.8 Å². The molecule has 0 spiro atoms. The summed E-state index contributed by atoms with van der Waals surface area (Å²) in [6.45, 7) is 5.89. The molecule has 18 heavy (non-hydrogen) atoms. The Morgan fingerprint density at radius 2 is 1.83 bits per heavy atom. The van der Waals surface area contributed by atoms with Crippen LogP contribution in [0.15, 0.2) is 0 Å². The van der Waals surface area contributed by atoms with E-state index >= 15 is 0 Å². The quantitative estimate of drug-likeness (QED) is 0.839. The van der Waals surface area contributed by atoms with Gasteiger partial charge in [-0.2, -0.15) is 0 Å². The number of carboxylic acids is 1. The summed E-state index contributed by atoms with van der Waals surface area (Å²) in [5.74, 6) is -0.761. The Morgan fingerprint density at radius 3 is 2.28 bits per heavy atom. The minimum absolute atomic E-state index is 0.0323. The Balaban J connectivity index is 1.97. The first-order chi connectivity index (χ1) is 8.35. The van der Waals surface area contributed by atoms with Gasteiger partial charge in [-0.15, -0.1) is 0 Å². The summed E-state index contributed by atoms with van der Waals surface area (Å²) in [4.78, 5) is 25.4. The standard InChI is InChI=1S/C14H23NO3/c1-13(2)5-4-8-15(10-13)11(16)9-14(12(17)18)6-3-7-14/h3-10H2,1-2H3,(H,17,18). The van der Waals surface area contributed by atoms with Crippen LogP contribution in [-0.2, 0) is 9.59 Å². The highest BCUT2D eigenvalue weighted by molar-refractivity contribution is 5.85. The number of hydrogen-bond acceptors (Lipinski definition) is 2. The van der Waals surface area contributed by atoms with Crippen molar-refractivity contribution in [3.05, 3.63) is 0 Å². The van der Waals surface area contributed by atoms with Gasteiger partial charge in [-0.3, -0.25) is 9.59 Å². The molecule has 102 valence electrons. The van der Waals surface area contributed by atoms with E-state index in [0.29, 0.717) is 12.8 Å². The zero-order chi connectivity index (χ0) is 13.4. The lowest BCUT2D eigenvalue weighted by Gasteiger charge is -2.42. The van der Waals surface area contributed by atoms with Crippen molar-refractivity contribution in [1.82, 2.24) is 4.90 Å². The van der Waals surface area contributed by atoms with E-state index in [0.717, 1.165) is 32.4 Å². The fourth-order valence-corrected chi connectivity index (χ4v) is 3.11. The molecule has 0 atom stereocenters. The number of carboxylic acid groups (broad SMARTS) is 1. The highest BCUT2D eigenvalue weighted by Crippen LogP contribution is 2.45. The van der Waals surface area contributed by atoms with E-state index in [9.17, 15) is 14.7 Å². The number of nitrogens with zero attached hydrogens (tertiary/aromatic N) is 1. The molecule has 0 aromatic rings. The first-order valence-corrected chi connectivity index (χ1v) is 6.86. The number of aliphatic carboxylic acids is 1. The highest BCUT2D eigenvalue weighted by atomic mass is 16.4. The van der Waals surface area contributed by atoms with E-state index in [2.05, 4.69) is 13.8 Å². The van der Waals surface area contributed by atoms with Gasteiger partial charge in [0.25, 0.3) is 0 Å². The molecule has 0 unspecified atom stereocenters. The maximum absolute atomic E-state index is 12.3. The van der Waals surface area contributed by atoms with Crippen molar-refractivity contribution in [2.24, 2.45) is 10.8 Å². The predicted octanol–water partition coefficient (Wildman–Crippen LogP) is 2.28. The molecule has 4 heteroatoms. The Kier molecular flexibility index (Phi) is 3.39. The summed E-state index contributed by atoms with van der Waals surface area (Å²) < 4.78 is 0. The number of carbonyl (C=O) groups is 2. The topological polar surface area (TPSA) is 57.6 Å². The van der Waals surface area contributed by atoms with Gasteiger partial charge in [-0.05, 0) is 31.1 Å². The molecule has 2 aliphatic rings. The van der Waals surface area contributed by atoms with E-state index in [1.807, 2.05) is 4.90 Å². The normalized spacial score (nSPS) is 25.3. The molecule has 0 aromatic heterocycles. The lowest BCUT2D eigenvalue weighted by molar-refractivity contribution is -0.160. The summed E-state index contributed by atoms with van der Waals surface area (Å²) in [6.07, 6.45) is 4.61. The number of carbonyl (C=O) groups excluding carboxylic acids is 1. The molecule has 1 heterocycles. The number of piperidine rings is 1. The molecule has 1 N–H and O–H groups in total. The van der Waals surface area contributed by atoms with E-state index in [1.54, 1.807) is 0 Å². The second kappa shape index (κ2) is 4.56. The van der Waals surface area contributed by atoms with Gasteiger partial charge in [-0.25, -0.2) is 0 Å². The van der Waals surface area contributed by atoms with Crippen molar-refractivity contribution < 1.29 is 14.7 Å². The Hall–Kier alpha value is -1.06. The molecular weight excluding hydrogens is 230 g/mol. The Labute approximate surface area is 108 Å². The maximum atomic E-state index is 12.3. The summed E-state index contributed by atoms with van der Waals surface area (Å²) >= 11 is 0. The smallest absolute Gasteiger partial charge is 0.310 e. The zero-order valence-electron chi connectivity index (χ0n) is 11.4. The maximum Gasteiger partial charge on any atom is 0.310 e. The van der Waals surface area contributed by atoms with Gasteiger partial charge in [0.15, 0.2) is 0 Å². The van der Waals surface area contributed by atoms with Crippen molar-refractivity contribution >= 4 is 11.9 Å². The lowest BCUT2D eigenvalue weighted by Crippen LogP contribution is -2.48. The molecule has 1 amide bonds. The number of rotatable bonds is 3. The average molecular weight is 253 g/mol. The van der Waals surface area contributed by atoms with E-state index in [1.165, 1.54) is 0 Å². The summed E-state index contributed by atoms with van der Waals surface area (Å²) in [7, 11) is 0. The molecule has 0 radical (unpaired) electrons. The second-order valence-electron chi connectivity index (χ2n) is 6.70. The van der Waals surface area contributed by atoms with Crippen molar-refractivity contribution in [3.63, 3.8) is 0 Å². The highest BCUT2D eigenvalue weighted by Gasteiger charge is 2.47. The van der Waals surface area contributed by atoms with Gasteiger partial charge in [0, 0.05) is 19.5 Å². The van der Waals surface area contributed by atoms with Crippen molar-refractivity contribution in [2.45, 2.75) is 52.4 Å². The average Bonchev–Trinajstić information content (AvgIpc) is 2.21. The van der Waals surface area contributed by atoms with Gasteiger partial charge in [-0.1, -0.05) is 20.3 Å². The fourth-order valence-electron chi connectivity index (χ4n) is 3.11. The third kappa shape index (κ3) is 2.52. The zero-order valence-corrected chi connectivity index (χ0v) is 11.4. The van der Waals surface area contributed by atoms with Gasteiger partial charge >= 0.3 is 5.97 Å². The lowest BCUT2D eigenvalue weighted by atomic mass is 9.66. The van der Waals surface area contributed by atoms with Crippen LogP contribution in [0.3, 0.4) is 0 Å². The fraction of sp³-hybridized carbons (Fsp3) is 0.857. The third-order valence-corrected chi connectivity index (χ3v) is 4.51. The number of likely N-dealkylation sites (tertiary alicyclic amines) is 1. The third-order valence-electron chi connectivity index (χ3n) is 4.51. The first-order valence-electron chi connectivity index (χ1n) is 6.86. The van der Waals surface area contributed by atoms with Crippen LogP contribution >= 0.6 is 0 Å². The Bertz CT molecular complexity index is 358. The molecule has 1 aliphatic carbocycles. The number of amides is 1. The van der Waals surface area contributed by atoms with Crippen molar-refractivity contribution in [3.8, 4) is 0 Å². The summed E-state index contributed by atoms with van der Waals surface area (Å²) in [5, 5.41) is 9.26. The van der Waals surface area contributed by atoms with E-state index in [-0.39, 0.29) is 17.7 Å². The van der Waals surface area contributed by atoms with Crippen LogP contribution in [0.2, 0.25) is 0 Å². The molecule has 0 aromatic carbocycles. The Morgan fingerprint density at radius 1 is 1.17 bits per heavy atom. The minimum atomic E-state index is -0.793. The van der Waals surface area contributed by atoms with Crippen molar-refractivity contribution in [2.75, 3.05) is 13.1 Å². The van der Waals surface area contributed by atoms with Crippen LogP contribution in [0.5, 0.6) is 0 Å². The monoisotopic (exact) mass is 253 g/mol.